The molecule has 4 aromatic rings. The minimum atomic E-state index is -0.388. The van der Waals surface area contributed by atoms with Crippen molar-refractivity contribution in [3.8, 4) is 10.6 Å². The third kappa shape index (κ3) is 2.01. The van der Waals surface area contributed by atoms with Crippen LogP contribution in [0.2, 0.25) is 0 Å². The fourth-order valence-electron chi connectivity index (χ4n) is 2.36. The van der Waals surface area contributed by atoms with Crippen molar-refractivity contribution in [1.82, 2.24) is 19.8 Å². The zero-order chi connectivity index (χ0) is 15.1. The van der Waals surface area contributed by atoms with Gasteiger partial charge in [0.15, 0.2) is 10.8 Å². The van der Waals surface area contributed by atoms with Gasteiger partial charge in [0, 0.05) is 11.8 Å². The Morgan fingerprint density at radius 3 is 3.00 bits per heavy atom. The van der Waals surface area contributed by atoms with E-state index in [1.54, 1.807) is 10.6 Å². The van der Waals surface area contributed by atoms with E-state index >= 15 is 0 Å². The first-order valence-corrected chi connectivity index (χ1v) is 7.82. The Balaban J connectivity index is 1.91. The van der Waals surface area contributed by atoms with Crippen molar-refractivity contribution < 1.29 is 4.42 Å². The summed E-state index contributed by atoms with van der Waals surface area (Å²) in [4.78, 5) is 12.9. The molecule has 0 bridgehead atoms. The fraction of sp³-hybridized carbons (Fsp3) is 0.200. The smallest absolute Gasteiger partial charge is 0.346 e. The van der Waals surface area contributed by atoms with E-state index in [-0.39, 0.29) is 5.63 Å². The van der Waals surface area contributed by atoms with Crippen LogP contribution in [0.4, 0.5) is 0 Å². The minimum absolute atomic E-state index is 0.388. The second-order valence-corrected chi connectivity index (χ2v) is 5.91. The van der Waals surface area contributed by atoms with Crippen LogP contribution in [0.1, 0.15) is 19.2 Å². The Kier molecular flexibility index (Phi) is 3.00. The van der Waals surface area contributed by atoms with E-state index in [4.69, 9.17) is 4.42 Å². The van der Waals surface area contributed by atoms with Crippen molar-refractivity contribution in [3.05, 3.63) is 46.6 Å². The van der Waals surface area contributed by atoms with Crippen molar-refractivity contribution in [2.45, 2.75) is 19.8 Å². The maximum absolute atomic E-state index is 12.2. The molecule has 22 heavy (non-hydrogen) atoms. The summed E-state index contributed by atoms with van der Waals surface area (Å²) < 4.78 is 7.07. The van der Waals surface area contributed by atoms with Gasteiger partial charge in [-0.3, -0.25) is 0 Å². The van der Waals surface area contributed by atoms with E-state index in [1.165, 1.54) is 11.3 Å². The molecule has 0 saturated heterocycles. The van der Waals surface area contributed by atoms with Gasteiger partial charge in [-0.05, 0) is 18.6 Å². The third-order valence-corrected chi connectivity index (χ3v) is 4.33. The highest BCUT2D eigenvalue weighted by molar-refractivity contribution is 7.19. The summed E-state index contributed by atoms with van der Waals surface area (Å²) in [6, 6.07) is 9.24. The summed E-state index contributed by atoms with van der Waals surface area (Å²) in [5, 5.41) is 14.2. The molecule has 0 saturated carbocycles. The van der Waals surface area contributed by atoms with Crippen LogP contribution in [-0.4, -0.2) is 19.8 Å². The predicted octanol–water partition coefficient (Wildman–Crippen LogP) is 2.91. The first-order chi connectivity index (χ1) is 10.8. The van der Waals surface area contributed by atoms with Crippen LogP contribution >= 0.6 is 11.3 Å². The van der Waals surface area contributed by atoms with Gasteiger partial charge >= 0.3 is 5.63 Å². The molecule has 0 fully saturated rings. The molecule has 1 aromatic carbocycles. The van der Waals surface area contributed by atoms with Crippen LogP contribution in [0.5, 0.6) is 0 Å². The lowest BCUT2D eigenvalue weighted by molar-refractivity contribution is 0.563. The first-order valence-electron chi connectivity index (χ1n) is 7.00. The molecular weight excluding hydrogens is 300 g/mol. The molecule has 0 radical (unpaired) electrons. The lowest BCUT2D eigenvalue weighted by Gasteiger charge is -1.98. The van der Waals surface area contributed by atoms with Gasteiger partial charge < -0.3 is 4.42 Å². The van der Waals surface area contributed by atoms with Gasteiger partial charge in [-0.25, -0.2) is 4.79 Å². The largest absolute Gasteiger partial charge is 0.422 e. The molecule has 7 heteroatoms. The first kappa shape index (κ1) is 13.1. The van der Waals surface area contributed by atoms with E-state index in [0.29, 0.717) is 21.1 Å². The summed E-state index contributed by atoms with van der Waals surface area (Å²) in [5.41, 5.74) is 0.642. The fourth-order valence-corrected chi connectivity index (χ4v) is 3.22. The molecule has 0 amide bonds. The zero-order valence-electron chi connectivity index (χ0n) is 11.8. The van der Waals surface area contributed by atoms with Gasteiger partial charge in [0.1, 0.15) is 5.58 Å². The number of hydrogen-bond donors (Lipinski definition) is 0. The molecule has 0 unspecified atom stereocenters. The normalized spacial score (nSPS) is 11.5. The van der Waals surface area contributed by atoms with Crippen molar-refractivity contribution in [1.29, 1.82) is 0 Å². The predicted molar refractivity (Wildman–Crippen MR) is 84.1 cm³/mol. The van der Waals surface area contributed by atoms with Gasteiger partial charge in [-0.1, -0.05) is 36.5 Å². The lowest BCUT2D eigenvalue weighted by Crippen LogP contribution is -2.03. The number of benzene rings is 1. The van der Waals surface area contributed by atoms with E-state index in [1.807, 2.05) is 24.3 Å². The SMILES string of the molecule is CCCc1nnc2sc(-c3cc4ccccc4oc3=O)nn12. The van der Waals surface area contributed by atoms with Gasteiger partial charge in [-0.15, -0.1) is 10.2 Å². The molecule has 0 aliphatic rings. The topological polar surface area (TPSA) is 73.3 Å². The highest BCUT2D eigenvalue weighted by Gasteiger charge is 2.16. The molecule has 0 aliphatic heterocycles. The van der Waals surface area contributed by atoms with Gasteiger partial charge in [-0.2, -0.15) is 9.61 Å². The molecule has 110 valence electrons. The lowest BCUT2D eigenvalue weighted by atomic mass is 10.2. The summed E-state index contributed by atoms with van der Waals surface area (Å²) in [5.74, 6) is 0.810. The zero-order valence-corrected chi connectivity index (χ0v) is 12.6. The second-order valence-electron chi connectivity index (χ2n) is 4.95. The highest BCUT2D eigenvalue weighted by atomic mass is 32.1. The minimum Gasteiger partial charge on any atom is -0.422 e. The molecule has 0 aliphatic carbocycles. The van der Waals surface area contributed by atoms with E-state index < -0.39 is 0 Å². The Morgan fingerprint density at radius 1 is 1.27 bits per heavy atom. The number of rotatable bonds is 3. The van der Waals surface area contributed by atoms with E-state index in [0.717, 1.165) is 24.1 Å². The average molecular weight is 312 g/mol. The van der Waals surface area contributed by atoms with Crippen molar-refractivity contribution in [2.24, 2.45) is 0 Å². The number of para-hydroxylation sites is 1. The maximum atomic E-state index is 12.2. The van der Waals surface area contributed by atoms with Crippen LogP contribution in [0.15, 0.2) is 39.5 Å². The molecule has 3 heterocycles. The van der Waals surface area contributed by atoms with Crippen LogP contribution in [0.25, 0.3) is 26.5 Å². The molecule has 0 atom stereocenters. The Labute approximate surface area is 129 Å². The van der Waals surface area contributed by atoms with Crippen molar-refractivity contribution in [2.75, 3.05) is 0 Å². The number of fused-ring (bicyclic) bond motifs is 2. The summed E-state index contributed by atoms with van der Waals surface area (Å²) in [6.07, 6.45) is 1.77. The Bertz CT molecular complexity index is 1030. The van der Waals surface area contributed by atoms with Crippen LogP contribution in [0.3, 0.4) is 0 Å². The molecule has 6 nitrogen and oxygen atoms in total. The Hall–Kier alpha value is -2.54. The van der Waals surface area contributed by atoms with Crippen molar-refractivity contribution >= 4 is 27.3 Å². The third-order valence-electron chi connectivity index (χ3n) is 3.40. The molecule has 4 rings (SSSR count). The summed E-state index contributed by atoms with van der Waals surface area (Å²) in [7, 11) is 0. The summed E-state index contributed by atoms with van der Waals surface area (Å²) >= 11 is 1.34. The number of aromatic nitrogens is 4. The van der Waals surface area contributed by atoms with Crippen LogP contribution in [-0.2, 0) is 6.42 Å². The van der Waals surface area contributed by atoms with E-state index in [2.05, 4.69) is 22.2 Å². The van der Waals surface area contributed by atoms with Gasteiger partial charge in [0.05, 0.1) is 5.56 Å². The number of nitrogens with zero attached hydrogens (tertiary/aromatic N) is 4. The van der Waals surface area contributed by atoms with Gasteiger partial charge in [0.25, 0.3) is 0 Å². The molecular formula is C15H12N4O2S. The quantitative estimate of drug-likeness (QED) is 0.544. The second kappa shape index (κ2) is 5.03. The molecule has 3 aromatic heterocycles. The van der Waals surface area contributed by atoms with Gasteiger partial charge in [0.2, 0.25) is 4.96 Å². The number of hydrogen-bond acceptors (Lipinski definition) is 6. The monoisotopic (exact) mass is 312 g/mol. The van der Waals surface area contributed by atoms with Crippen molar-refractivity contribution in [3.63, 3.8) is 0 Å². The van der Waals surface area contributed by atoms with Crippen LogP contribution in [0, 0.1) is 0 Å². The maximum Gasteiger partial charge on any atom is 0.346 e. The molecule has 0 N–H and O–H groups in total. The van der Waals surface area contributed by atoms with Crippen LogP contribution < -0.4 is 5.63 Å². The molecule has 0 spiro atoms. The summed E-state index contributed by atoms with van der Waals surface area (Å²) in [6.45, 7) is 2.08. The standard InChI is InChI=1S/C15H12N4O2S/c1-2-5-12-16-17-15-19(12)18-13(22-15)10-8-9-6-3-4-7-11(9)21-14(10)20/h3-4,6-8H,2,5H2,1H3. The average Bonchev–Trinajstić information content (AvgIpc) is 3.09. The Morgan fingerprint density at radius 2 is 2.14 bits per heavy atom. The number of aryl methyl sites for hydroxylation is 1. The van der Waals surface area contributed by atoms with E-state index in [9.17, 15) is 4.79 Å². The highest BCUT2D eigenvalue weighted by Crippen LogP contribution is 2.25.